The molecule has 0 saturated carbocycles. The normalized spacial score (nSPS) is 12.2. The van der Waals surface area contributed by atoms with Crippen molar-refractivity contribution in [3.8, 4) is 0 Å². The summed E-state index contributed by atoms with van der Waals surface area (Å²) >= 11 is 1.37. The second kappa shape index (κ2) is 7.19. The van der Waals surface area contributed by atoms with E-state index in [2.05, 4.69) is 4.74 Å². The van der Waals surface area contributed by atoms with Gasteiger partial charge in [0.1, 0.15) is 5.25 Å². The van der Waals surface area contributed by atoms with E-state index in [0.717, 1.165) is 5.56 Å². The predicted octanol–water partition coefficient (Wildman–Crippen LogP) is 2.82. The van der Waals surface area contributed by atoms with E-state index < -0.39 is 11.2 Å². The van der Waals surface area contributed by atoms with E-state index in [0.29, 0.717) is 11.3 Å². The maximum absolute atomic E-state index is 11.4. The number of hydrogen-bond donors (Lipinski definition) is 1. The number of carbonyl (C=O) groups is 2. The van der Waals surface area contributed by atoms with Crippen LogP contribution in [0.4, 0.5) is 0 Å². The van der Waals surface area contributed by atoms with E-state index in [4.69, 9.17) is 5.11 Å². The van der Waals surface area contributed by atoms with E-state index in [1.165, 1.54) is 18.9 Å². The summed E-state index contributed by atoms with van der Waals surface area (Å²) in [4.78, 5) is 22.5. The minimum absolute atomic E-state index is 0.0614. The molecule has 1 rings (SSSR count). The van der Waals surface area contributed by atoms with Crippen LogP contribution in [-0.2, 0) is 15.3 Å². The minimum Gasteiger partial charge on any atom is -0.480 e. The molecule has 0 aliphatic carbocycles. The molecule has 1 unspecified atom stereocenters. The molecule has 0 aliphatic rings. The highest BCUT2D eigenvalue weighted by molar-refractivity contribution is 7.99. The molecule has 1 atom stereocenters. The number of carbonyl (C=O) groups excluding carboxylic acids is 1. The van der Waals surface area contributed by atoms with Gasteiger partial charge in [-0.3, -0.25) is 4.79 Å². The fraction of sp³-hybridized carbons (Fsp3) is 0.429. The summed E-state index contributed by atoms with van der Waals surface area (Å²) in [5.41, 5.74) is 1.40. The second-order valence-electron chi connectivity index (χ2n) is 4.51. The van der Waals surface area contributed by atoms with Crippen LogP contribution in [-0.4, -0.2) is 29.4 Å². The molecule has 1 N–H and O–H groups in total. The largest absolute Gasteiger partial charge is 0.480 e. The number of rotatable bonds is 6. The number of thioether (sulfide) groups is 1. The Morgan fingerprint density at radius 3 is 2.58 bits per heavy atom. The van der Waals surface area contributed by atoms with Crippen molar-refractivity contribution in [2.45, 2.75) is 24.9 Å². The van der Waals surface area contributed by atoms with Crippen LogP contribution in [0.5, 0.6) is 0 Å². The van der Waals surface area contributed by atoms with Gasteiger partial charge >= 0.3 is 11.9 Å². The number of carboxylic acid groups (broad SMARTS) is 1. The Morgan fingerprint density at radius 2 is 2.05 bits per heavy atom. The molecular weight excluding hydrogens is 264 g/mol. The van der Waals surface area contributed by atoms with Crippen molar-refractivity contribution < 1.29 is 19.4 Å². The molecule has 0 spiro atoms. The summed E-state index contributed by atoms with van der Waals surface area (Å²) in [7, 11) is 1.34. The van der Waals surface area contributed by atoms with Gasteiger partial charge in [0.15, 0.2) is 0 Å². The molecule has 1 aromatic rings. The number of hydrogen-bond acceptors (Lipinski definition) is 4. The van der Waals surface area contributed by atoms with Crippen LogP contribution in [0.25, 0.3) is 0 Å². The first-order valence-electron chi connectivity index (χ1n) is 5.97. The van der Waals surface area contributed by atoms with Crippen molar-refractivity contribution in [1.29, 1.82) is 0 Å². The molecule has 0 heterocycles. The highest BCUT2D eigenvalue weighted by atomic mass is 32.2. The van der Waals surface area contributed by atoms with Crippen molar-refractivity contribution in [3.63, 3.8) is 0 Å². The number of aliphatic carboxylic acids is 1. The standard InChI is InChI=1S/C14H18O4S/c1-9(2)12(13(15)16)19-8-10-5-4-6-11(7-10)14(17)18-3/h4-7,9,12H,8H2,1-3H3,(H,15,16). The summed E-state index contributed by atoms with van der Waals surface area (Å²) in [5, 5.41) is 8.66. The third kappa shape index (κ3) is 4.59. The smallest absolute Gasteiger partial charge is 0.337 e. The molecule has 0 bridgehead atoms. The van der Waals surface area contributed by atoms with Gasteiger partial charge < -0.3 is 9.84 Å². The molecule has 19 heavy (non-hydrogen) atoms. The van der Waals surface area contributed by atoms with Crippen LogP contribution in [0, 0.1) is 5.92 Å². The minimum atomic E-state index is -0.802. The predicted molar refractivity (Wildman–Crippen MR) is 75.3 cm³/mol. The van der Waals surface area contributed by atoms with Gasteiger partial charge in [0, 0.05) is 5.75 Å². The lowest BCUT2D eigenvalue weighted by atomic mass is 10.1. The van der Waals surface area contributed by atoms with Gasteiger partial charge in [-0.1, -0.05) is 26.0 Å². The number of ether oxygens (including phenoxy) is 1. The van der Waals surface area contributed by atoms with Crippen LogP contribution < -0.4 is 0 Å². The number of esters is 1. The van der Waals surface area contributed by atoms with Gasteiger partial charge in [-0.05, 0) is 23.6 Å². The number of carboxylic acids is 1. The van der Waals surface area contributed by atoms with Crippen molar-refractivity contribution in [1.82, 2.24) is 0 Å². The zero-order valence-corrected chi connectivity index (χ0v) is 12.1. The molecule has 0 radical (unpaired) electrons. The lowest BCUT2D eigenvalue weighted by Crippen LogP contribution is -2.22. The van der Waals surface area contributed by atoms with Crippen molar-refractivity contribution >= 4 is 23.7 Å². The fourth-order valence-corrected chi connectivity index (χ4v) is 2.72. The average molecular weight is 282 g/mol. The van der Waals surface area contributed by atoms with E-state index in [1.54, 1.807) is 18.2 Å². The van der Waals surface area contributed by atoms with Gasteiger partial charge in [-0.15, -0.1) is 11.8 Å². The summed E-state index contributed by atoms with van der Waals surface area (Å²) in [6.45, 7) is 3.77. The number of benzene rings is 1. The third-order valence-corrected chi connectivity index (χ3v) is 4.23. The Balaban J connectivity index is 2.72. The van der Waals surface area contributed by atoms with Crippen LogP contribution >= 0.6 is 11.8 Å². The van der Waals surface area contributed by atoms with Crippen LogP contribution in [0.15, 0.2) is 24.3 Å². The number of methoxy groups -OCH3 is 1. The maximum Gasteiger partial charge on any atom is 0.337 e. The van der Waals surface area contributed by atoms with Crippen molar-refractivity contribution in [2.24, 2.45) is 5.92 Å². The average Bonchev–Trinajstić information content (AvgIpc) is 2.37. The van der Waals surface area contributed by atoms with Gasteiger partial charge in [0.05, 0.1) is 12.7 Å². The fourth-order valence-electron chi connectivity index (χ4n) is 1.64. The third-order valence-electron chi connectivity index (χ3n) is 2.63. The lowest BCUT2D eigenvalue weighted by Gasteiger charge is -2.15. The molecule has 0 aromatic heterocycles. The molecule has 104 valence electrons. The highest BCUT2D eigenvalue weighted by Gasteiger charge is 2.21. The first-order valence-corrected chi connectivity index (χ1v) is 7.02. The quantitative estimate of drug-likeness (QED) is 0.813. The first kappa shape index (κ1) is 15.6. The molecule has 0 saturated heterocycles. The monoisotopic (exact) mass is 282 g/mol. The van der Waals surface area contributed by atoms with Crippen molar-refractivity contribution in [2.75, 3.05) is 7.11 Å². The molecule has 0 fully saturated rings. The Hall–Kier alpha value is -1.49. The molecule has 0 amide bonds. The van der Waals surface area contributed by atoms with Crippen LogP contribution in [0.3, 0.4) is 0 Å². The summed E-state index contributed by atoms with van der Waals surface area (Å²) in [5.74, 6) is -0.569. The summed E-state index contributed by atoms with van der Waals surface area (Å²) in [6, 6.07) is 7.06. The second-order valence-corrected chi connectivity index (χ2v) is 5.64. The lowest BCUT2D eigenvalue weighted by molar-refractivity contribution is -0.137. The van der Waals surface area contributed by atoms with Crippen LogP contribution in [0.1, 0.15) is 29.8 Å². The SMILES string of the molecule is COC(=O)c1cccc(CSC(C(=O)O)C(C)C)c1. The van der Waals surface area contributed by atoms with Crippen LogP contribution in [0.2, 0.25) is 0 Å². The Morgan fingerprint density at radius 1 is 1.37 bits per heavy atom. The first-order chi connectivity index (χ1) is 8.95. The van der Waals surface area contributed by atoms with E-state index >= 15 is 0 Å². The molecule has 1 aromatic carbocycles. The Labute approximate surface area is 117 Å². The zero-order valence-electron chi connectivity index (χ0n) is 11.3. The molecular formula is C14H18O4S. The maximum atomic E-state index is 11.4. The van der Waals surface area contributed by atoms with Gasteiger partial charge in [0.25, 0.3) is 0 Å². The Bertz CT molecular complexity index is 457. The van der Waals surface area contributed by atoms with Crippen molar-refractivity contribution in [3.05, 3.63) is 35.4 Å². The topological polar surface area (TPSA) is 63.6 Å². The van der Waals surface area contributed by atoms with Gasteiger partial charge in [-0.2, -0.15) is 0 Å². The Kier molecular flexibility index (Phi) is 5.89. The summed E-state index contributed by atoms with van der Waals surface area (Å²) in [6.07, 6.45) is 0. The molecule has 5 heteroatoms. The zero-order chi connectivity index (χ0) is 14.4. The van der Waals surface area contributed by atoms with E-state index in [1.807, 2.05) is 19.9 Å². The summed E-state index contributed by atoms with van der Waals surface area (Å²) < 4.78 is 4.65. The van der Waals surface area contributed by atoms with Gasteiger partial charge in [0.2, 0.25) is 0 Å². The van der Waals surface area contributed by atoms with E-state index in [-0.39, 0.29) is 11.9 Å². The van der Waals surface area contributed by atoms with E-state index in [9.17, 15) is 9.59 Å². The molecule has 4 nitrogen and oxygen atoms in total. The van der Waals surface area contributed by atoms with Gasteiger partial charge in [-0.25, -0.2) is 4.79 Å². The molecule has 0 aliphatic heterocycles. The highest BCUT2D eigenvalue weighted by Crippen LogP contribution is 2.24.